The third kappa shape index (κ3) is 2.30. The SMILES string of the molecule is CN(C(=O)c1cccnc1)c1ccc2c(c1)OCCO2. The van der Waals surface area contributed by atoms with Crippen LogP contribution in [0.2, 0.25) is 0 Å². The zero-order chi connectivity index (χ0) is 13.9. The van der Waals surface area contributed by atoms with Crippen LogP contribution in [-0.2, 0) is 0 Å². The number of benzene rings is 1. The predicted molar refractivity (Wildman–Crippen MR) is 74.4 cm³/mol. The minimum Gasteiger partial charge on any atom is -0.486 e. The van der Waals surface area contributed by atoms with Crippen LogP contribution in [0.3, 0.4) is 0 Å². The molecule has 0 saturated heterocycles. The number of anilines is 1. The molecule has 0 fully saturated rings. The van der Waals surface area contributed by atoms with Crippen molar-refractivity contribution < 1.29 is 14.3 Å². The zero-order valence-electron chi connectivity index (χ0n) is 11.1. The van der Waals surface area contributed by atoms with Crippen LogP contribution in [0.1, 0.15) is 10.4 Å². The van der Waals surface area contributed by atoms with Gasteiger partial charge in [-0.25, -0.2) is 0 Å². The first-order valence-electron chi connectivity index (χ1n) is 6.33. The molecule has 1 aliphatic heterocycles. The van der Waals surface area contributed by atoms with Gasteiger partial charge in [-0.1, -0.05) is 0 Å². The highest BCUT2D eigenvalue weighted by Gasteiger charge is 2.17. The van der Waals surface area contributed by atoms with Crippen molar-refractivity contribution in [2.24, 2.45) is 0 Å². The molecule has 0 bridgehead atoms. The molecule has 0 atom stereocenters. The van der Waals surface area contributed by atoms with E-state index in [9.17, 15) is 4.79 Å². The van der Waals surface area contributed by atoms with Crippen LogP contribution < -0.4 is 14.4 Å². The van der Waals surface area contributed by atoms with E-state index in [-0.39, 0.29) is 5.91 Å². The number of carbonyl (C=O) groups excluding carboxylic acids is 1. The van der Waals surface area contributed by atoms with Gasteiger partial charge in [-0.3, -0.25) is 9.78 Å². The molecule has 1 aromatic carbocycles. The summed E-state index contributed by atoms with van der Waals surface area (Å²) in [6.45, 7) is 1.08. The van der Waals surface area contributed by atoms with Crippen molar-refractivity contribution in [1.82, 2.24) is 4.98 Å². The van der Waals surface area contributed by atoms with Crippen LogP contribution in [0.15, 0.2) is 42.7 Å². The number of ether oxygens (including phenoxy) is 2. The molecule has 0 N–H and O–H groups in total. The lowest BCUT2D eigenvalue weighted by Gasteiger charge is -2.22. The summed E-state index contributed by atoms with van der Waals surface area (Å²) in [4.78, 5) is 17.9. The van der Waals surface area contributed by atoms with Crippen molar-refractivity contribution >= 4 is 11.6 Å². The van der Waals surface area contributed by atoms with Gasteiger partial charge in [0.1, 0.15) is 13.2 Å². The van der Waals surface area contributed by atoms with E-state index in [0.29, 0.717) is 30.3 Å². The average molecular weight is 270 g/mol. The molecule has 0 saturated carbocycles. The number of hydrogen-bond donors (Lipinski definition) is 0. The lowest BCUT2D eigenvalue weighted by atomic mass is 10.2. The third-order valence-electron chi connectivity index (χ3n) is 3.13. The van der Waals surface area contributed by atoms with Gasteiger partial charge in [-0.15, -0.1) is 0 Å². The predicted octanol–water partition coefficient (Wildman–Crippen LogP) is 2.13. The molecule has 1 aliphatic rings. The number of carbonyl (C=O) groups is 1. The Morgan fingerprint density at radius 1 is 1.20 bits per heavy atom. The minimum absolute atomic E-state index is 0.116. The fraction of sp³-hybridized carbons (Fsp3) is 0.200. The highest BCUT2D eigenvalue weighted by Crippen LogP contribution is 2.33. The van der Waals surface area contributed by atoms with E-state index >= 15 is 0 Å². The maximum Gasteiger partial charge on any atom is 0.259 e. The molecule has 1 aromatic heterocycles. The summed E-state index contributed by atoms with van der Waals surface area (Å²) < 4.78 is 11.0. The molecular weight excluding hydrogens is 256 g/mol. The molecule has 0 aliphatic carbocycles. The van der Waals surface area contributed by atoms with Gasteiger partial charge in [0.25, 0.3) is 5.91 Å². The highest BCUT2D eigenvalue weighted by molar-refractivity contribution is 6.05. The van der Waals surface area contributed by atoms with Crippen LogP contribution in [0.5, 0.6) is 11.5 Å². The molecule has 5 heteroatoms. The van der Waals surface area contributed by atoms with Crippen molar-refractivity contribution in [2.75, 3.05) is 25.2 Å². The molecule has 2 aromatic rings. The number of hydrogen-bond acceptors (Lipinski definition) is 4. The molecular formula is C15H14N2O3. The summed E-state index contributed by atoms with van der Waals surface area (Å²) in [6.07, 6.45) is 3.19. The molecule has 0 spiro atoms. The molecule has 3 rings (SSSR count). The number of aromatic nitrogens is 1. The molecule has 0 radical (unpaired) electrons. The monoisotopic (exact) mass is 270 g/mol. The summed E-state index contributed by atoms with van der Waals surface area (Å²) in [5, 5.41) is 0. The third-order valence-corrected chi connectivity index (χ3v) is 3.13. The fourth-order valence-electron chi connectivity index (χ4n) is 2.04. The van der Waals surface area contributed by atoms with E-state index in [4.69, 9.17) is 9.47 Å². The molecule has 102 valence electrons. The van der Waals surface area contributed by atoms with E-state index in [1.54, 1.807) is 36.5 Å². The van der Waals surface area contributed by atoms with Crippen LogP contribution in [0.4, 0.5) is 5.69 Å². The Balaban J connectivity index is 1.87. The topological polar surface area (TPSA) is 51.7 Å². The van der Waals surface area contributed by atoms with Gasteiger partial charge in [0.2, 0.25) is 0 Å². The van der Waals surface area contributed by atoms with Crippen molar-refractivity contribution in [2.45, 2.75) is 0 Å². The van der Waals surface area contributed by atoms with Crippen molar-refractivity contribution in [3.05, 3.63) is 48.3 Å². The normalized spacial score (nSPS) is 12.8. The van der Waals surface area contributed by atoms with Gasteiger partial charge >= 0.3 is 0 Å². The van der Waals surface area contributed by atoms with E-state index in [1.807, 2.05) is 18.2 Å². The molecule has 1 amide bonds. The van der Waals surface area contributed by atoms with Crippen LogP contribution in [0.25, 0.3) is 0 Å². The van der Waals surface area contributed by atoms with E-state index < -0.39 is 0 Å². The second-order valence-corrected chi connectivity index (χ2v) is 4.43. The molecule has 20 heavy (non-hydrogen) atoms. The lowest BCUT2D eigenvalue weighted by Crippen LogP contribution is -2.26. The highest BCUT2D eigenvalue weighted by atomic mass is 16.6. The number of amides is 1. The van der Waals surface area contributed by atoms with Gasteiger partial charge in [-0.2, -0.15) is 0 Å². The maximum atomic E-state index is 12.3. The Bertz CT molecular complexity index is 628. The molecule has 0 unspecified atom stereocenters. The van der Waals surface area contributed by atoms with Crippen molar-refractivity contribution in [1.29, 1.82) is 0 Å². The van der Waals surface area contributed by atoms with Crippen molar-refractivity contribution in [3.8, 4) is 11.5 Å². The maximum absolute atomic E-state index is 12.3. The first-order valence-corrected chi connectivity index (χ1v) is 6.33. The Morgan fingerprint density at radius 2 is 2.00 bits per heavy atom. The Labute approximate surface area is 116 Å². The van der Waals surface area contributed by atoms with Gasteiger partial charge in [0.05, 0.1) is 5.56 Å². The van der Waals surface area contributed by atoms with Crippen molar-refractivity contribution in [3.63, 3.8) is 0 Å². The second kappa shape index (κ2) is 5.21. The van der Waals surface area contributed by atoms with Gasteiger partial charge in [-0.05, 0) is 24.3 Å². The molecule has 5 nitrogen and oxygen atoms in total. The van der Waals surface area contributed by atoms with E-state index in [0.717, 1.165) is 5.69 Å². The quantitative estimate of drug-likeness (QED) is 0.839. The van der Waals surface area contributed by atoms with Gasteiger partial charge < -0.3 is 14.4 Å². The van der Waals surface area contributed by atoms with Crippen LogP contribution >= 0.6 is 0 Å². The first-order chi connectivity index (χ1) is 9.75. The van der Waals surface area contributed by atoms with E-state index in [1.165, 1.54) is 0 Å². The summed E-state index contributed by atoms with van der Waals surface area (Å²) >= 11 is 0. The Kier molecular flexibility index (Phi) is 3.25. The number of nitrogens with zero attached hydrogens (tertiary/aromatic N) is 2. The number of rotatable bonds is 2. The number of pyridine rings is 1. The summed E-state index contributed by atoms with van der Waals surface area (Å²) in [7, 11) is 1.72. The Morgan fingerprint density at radius 3 is 2.75 bits per heavy atom. The average Bonchev–Trinajstić information content (AvgIpc) is 2.54. The van der Waals surface area contributed by atoms with Gasteiger partial charge in [0, 0.05) is 31.2 Å². The second-order valence-electron chi connectivity index (χ2n) is 4.43. The van der Waals surface area contributed by atoms with Gasteiger partial charge in [0.15, 0.2) is 11.5 Å². The number of fused-ring (bicyclic) bond motifs is 1. The zero-order valence-corrected chi connectivity index (χ0v) is 11.1. The fourth-order valence-corrected chi connectivity index (χ4v) is 2.04. The summed E-state index contributed by atoms with van der Waals surface area (Å²) in [5.41, 5.74) is 1.30. The lowest BCUT2D eigenvalue weighted by molar-refractivity contribution is 0.0992. The largest absolute Gasteiger partial charge is 0.486 e. The standard InChI is InChI=1S/C15H14N2O3/c1-17(15(18)11-3-2-6-16-10-11)12-4-5-13-14(9-12)20-8-7-19-13/h2-6,9-10H,7-8H2,1H3. The van der Waals surface area contributed by atoms with Crippen LogP contribution in [0, 0.1) is 0 Å². The minimum atomic E-state index is -0.116. The smallest absolute Gasteiger partial charge is 0.259 e. The first kappa shape index (κ1) is 12.5. The summed E-state index contributed by atoms with van der Waals surface area (Å²) in [6, 6.07) is 8.94. The van der Waals surface area contributed by atoms with E-state index in [2.05, 4.69) is 4.98 Å². The Hall–Kier alpha value is -2.56. The van der Waals surface area contributed by atoms with Crippen LogP contribution in [-0.4, -0.2) is 31.2 Å². The summed E-state index contributed by atoms with van der Waals surface area (Å²) in [5.74, 6) is 1.26. The molecule has 2 heterocycles.